The van der Waals surface area contributed by atoms with Crippen molar-refractivity contribution in [2.75, 3.05) is 0 Å². The van der Waals surface area contributed by atoms with Gasteiger partial charge >= 0.3 is 51.4 Å². The van der Waals surface area contributed by atoms with E-state index in [4.69, 9.17) is 4.74 Å². The van der Waals surface area contributed by atoms with Crippen molar-refractivity contribution in [3.8, 4) is 17.2 Å². The van der Waals surface area contributed by atoms with E-state index in [1.165, 1.54) is 68.9 Å². The van der Waals surface area contributed by atoms with Gasteiger partial charge in [0.15, 0.2) is 0 Å². The molecule has 0 fully saturated rings. The smallest absolute Gasteiger partial charge is 0.872 e. The molecule has 7 heteroatoms. The van der Waals surface area contributed by atoms with Gasteiger partial charge < -0.3 is 9.84 Å². The van der Waals surface area contributed by atoms with Gasteiger partial charge in [-0.15, -0.1) is 5.75 Å². The second kappa shape index (κ2) is 14.6. The molecule has 0 saturated heterocycles. The van der Waals surface area contributed by atoms with Crippen LogP contribution < -0.4 is 61.2 Å². The molecule has 0 bridgehead atoms. The van der Waals surface area contributed by atoms with E-state index < -0.39 is 10.1 Å². The average Bonchev–Trinajstić information content (AvgIpc) is 2.67. The zero-order valence-electron chi connectivity index (χ0n) is 18.1. The Labute approximate surface area is 223 Å². The Morgan fingerprint density at radius 3 is 2.00 bits per heavy atom. The van der Waals surface area contributed by atoms with Crippen molar-refractivity contribution in [1.29, 1.82) is 0 Å². The SMILES string of the molecule is CCCCCCCCCCCc1cccc(Oc2ccc([O-])cc2)c1S(=O)(=O)O.[K+]. The Balaban J connectivity index is 0.00000450. The van der Waals surface area contributed by atoms with Gasteiger partial charge in [-0.25, -0.2) is 0 Å². The van der Waals surface area contributed by atoms with Crippen molar-refractivity contribution in [3.05, 3.63) is 48.0 Å². The molecule has 0 radical (unpaired) electrons. The fraction of sp³-hybridized carbons (Fsp3) is 0.478. The predicted octanol–water partition coefficient (Wildman–Crippen LogP) is 2.88. The third kappa shape index (κ3) is 9.81. The normalized spacial score (nSPS) is 11.1. The number of hydrogen-bond donors (Lipinski definition) is 1. The molecule has 0 saturated carbocycles. The van der Waals surface area contributed by atoms with Crippen LogP contribution in [0.3, 0.4) is 0 Å². The van der Waals surface area contributed by atoms with Crippen LogP contribution in [0.4, 0.5) is 0 Å². The molecule has 1 N–H and O–H groups in total. The van der Waals surface area contributed by atoms with Gasteiger partial charge in [0, 0.05) is 0 Å². The Kier molecular flexibility index (Phi) is 13.5. The molecule has 0 heterocycles. The summed E-state index contributed by atoms with van der Waals surface area (Å²) in [4.78, 5) is -0.189. The third-order valence-corrected chi connectivity index (χ3v) is 5.90. The van der Waals surface area contributed by atoms with Crippen LogP contribution in [0.25, 0.3) is 0 Å². The molecule has 0 amide bonds. The van der Waals surface area contributed by atoms with Crippen molar-refractivity contribution in [1.82, 2.24) is 0 Å². The molecule has 5 nitrogen and oxygen atoms in total. The summed E-state index contributed by atoms with van der Waals surface area (Å²) in [5.74, 6) is 0.251. The summed E-state index contributed by atoms with van der Waals surface area (Å²) in [6, 6.07) is 10.6. The van der Waals surface area contributed by atoms with Crippen LogP contribution in [0.1, 0.15) is 70.3 Å². The van der Waals surface area contributed by atoms with Gasteiger partial charge in [0.2, 0.25) is 0 Å². The van der Waals surface area contributed by atoms with Crippen molar-refractivity contribution in [2.24, 2.45) is 0 Å². The monoisotopic (exact) mass is 458 g/mol. The van der Waals surface area contributed by atoms with Crippen molar-refractivity contribution >= 4 is 10.1 Å². The van der Waals surface area contributed by atoms with Crippen LogP contribution in [0.2, 0.25) is 0 Å². The second-order valence-corrected chi connectivity index (χ2v) is 8.73. The van der Waals surface area contributed by atoms with Gasteiger partial charge in [-0.3, -0.25) is 4.55 Å². The number of rotatable bonds is 13. The van der Waals surface area contributed by atoms with Crippen LogP contribution in [0, 0.1) is 0 Å². The van der Waals surface area contributed by atoms with E-state index in [1.54, 1.807) is 12.1 Å². The van der Waals surface area contributed by atoms with Crippen LogP contribution in [0.5, 0.6) is 17.2 Å². The number of benzene rings is 2. The summed E-state index contributed by atoms with van der Waals surface area (Å²) in [6.45, 7) is 2.21. The fourth-order valence-electron chi connectivity index (χ4n) is 3.39. The molecule has 0 unspecified atom stereocenters. The average molecular weight is 459 g/mol. The zero-order valence-corrected chi connectivity index (χ0v) is 22.0. The molecule has 0 spiro atoms. The van der Waals surface area contributed by atoms with Crippen LogP contribution in [0.15, 0.2) is 47.4 Å². The van der Waals surface area contributed by atoms with Crippen LogP contribution in [-0.2, 0) is 16.5 Å². The Hall–Kier alpha value is -0.414. The molecule has 0 aliphatic carbocycles. The summed E-state index contributed by atoms with van der Waals surface area (Å²) in [5, 5.41) is 11.2. The minimum atomic E-state index is -4.44. The fourth-order valence-corrected chi connectivity index (χ4v) is 4.26. The molecule has 30 heavy (non-hydrogen) atoms. The molecular weight excluding hydrogens is 427 g/mol. The predicted molar refractivity (Wildman–Crippen MR) is 113 cm³/mol. The number of ether oxygens (including phenoxy) is 1. The van der Waals surface area contributed by atoms with Gasteiger partial charge in [0.25, 0.3) is 10.1 Å². The first-order valence-corrected chi connectivity index (χ1v) is 11.9. The Bertz CT molecular complexity index is 850. The standard InChI is InChI=1S/C23H32O5S.K/c1-2-3-4-5-6-7-8-9-10-12-19-13-11-14-22(23(19)29(25,26)27)28-21-17-15-20(24)16-18-21;/h11,13-18,24H,2-10,12H2,1H3,(H,25,26,27);/q;+1/p-1. The van der Waals surface area contributed by atoms with Crippen molar-refractivity contribution in [2.45, 2.75) is 76.0 Å². The van der Waals surface area contributed by atoms with Gasteiger partial charge in [-0.1, -0.05) is 82.6 Å². The molecule has 0 atom stereocenters. The van der Waals surface area contributed by atoms with Gasteiger partial charge in [0.05, 0.1) is 0 Å². The number of aryl methyl sites for hydroxylation is 1. The summed E-state index contributed by atoms with van der Waals surface area (Å²) in [6.07, 6.45) is 11.2. The van der Waals surface area contributed by atoms with E-state index >= 15 is 0 Å². The van der Waals surface area contributed by atoms with E-state index in [9.17, 15) is 18.1 Å². The summed E-state index contributed by atoms with van der Waals surface area (Å²) in [5.41, 5.74) is 0.549. The Morgan fingerprint density at radius 2 is 1.43 bits per heavy atom. The molecule has 2 aromatic rings. The minimum Gasteiger partial charge on any atom is -0.872 e. The van der Waals surface area contributed by atoms with E-state index in [2.05, 4.69) is 6.92 Å². The second-order valence-electron chi connectivity index (χ2n) is 7.37. The maximum atomic E-state index is 12.0. The zero-order chi connectivity index (χ0) is 21.1. The van der Waals surface area contributed by atoms with Crippen LogP contribution >= 0.6 is 0 Å². The first-order chi connectivity index (χ1) is 13.9. The number of unbranched alkanes of at least 4 members (excludes halogenated alkanes) is 8. The van der Waals surface area contributed by atoms with Gasteiger partial charge in [-0.2, -0.15) is 8.42 Å². The summed E-state index contributed by atoms with van der Waals surface area (Å²) in [7, 11) is -4.44. The first kappa shape index (κ1) is 27.6. The molecular formula is C23H31KO5S. The van der Waals surface area contributed by atoms with E-state index in [1.807, 2.05) is 0 Å². The molecule has 160 valence electrons. The molecule has 0 aromatic heterocycles. The third-order valence-electron chi connectivity index (χ3n) is 4.92. The van der Waals surface area contributed by atoms with E-state index in [0.29, 0.717) is 17.7 Å². The molecule has 2 aromatic carbocycles. The summed E-state index contributed by atoms with van der Waals surface area (Å²) >= 11 is 0. The molecule has 0 aliphatic heterocycles. The van der Waals surface area contributed by atoms with E-state index in [-0.39, 0.29) is 67.8 Å². The van der Waals surface area contributed by atoms with Gasteiger partial charge in [0.1, 0.15) is 16.4 Å². The van der Waals surface area contributed by atoms with Gasteiger partial charge in [-0.05, 0) is 36.6 Å². The van der Waals surface area contributed by atoms with Crippen molar-refractivity contribution < 1.29 is 74.2 Å². The minimum absolute atomic E-state index is 0. The molecule has 0 aliphatic rings. The Morgan fingerprint density at radius 1 is 0.867 bits per heavy atom. The maximum absolute atomic E-state index is 12.0. The summed E-state index contributed by atoms with van der Waals surface area (Å²) < 4.78 is 39.4. The topological polar surface area (TPSA) is 86.7 Å². The largest absolute Gasteiger partial charge is 1.00 e. The quantitative estimate of drug-likeness (QED) is 0.283. The van der Waals surface area contributed by atoms with E-state index in [0.717, 1.165) is 19.3 Å². The number of hydrogen-bond acceptors (Lipinski definition) is 4. The van der Waals surface area contributed by atoms with Crippen molar-refractivity contribution in [3.63, 3.8) is 0 Å². The maximum Gasteiger partial charge on any atom is 1.00 e. The molecule has 2 rings (SSSR count). The van der Waals surface area contributed by atoms with Crippen LogP contribution in [-0.4, -0.2) is 13.0 Å². The first-order valence-electron chi connectivity index (χ1n) is 10.5.